The SMILES string of the molecule is Cc1cnc(N)nc1Nc1ccc(F)cc1C#N. The van der Waals surface area contributed by atoms with Crippen molar-refractivity contribution in [2.75, 3.05) is 11.1 Å². The molecule has 1 aromatic heterocycles. The average Bonchev–Trinajstić information content (AvgIpc) is 2.36. The quantitative estimate of drug-likeness (QED) is 0.843. The van der Waals surface area contributed by atoms with Crippen LogP contribution in [0.25, 0.3) is 0 Å². The zero-order chi connectivity index (χ0) is 13.1. The third-order valence-corrected chi connectivity index (χ3v) is 2.35. The van der Waals surface area contributed by atoms with E-state index in [9.17, 15) is 4.39 Å². The Balaban J connectivity index is 2.40. The monoisotopic (exact) mass is 243 g/mol. The summed E-state index contributed by atoms with van der Waals surface area (Å²) in [6.45, 7) is 1.80. The number of nitrogen functional groups attached to an aromatic ring is 1. The molecule has 0 aliphatic carbocycles. The van der Waals surface area contributed by atoms with Gasteiger partial charge >= 0.3 is 0 Å². The van der Waals surface area contributed by atoms with E-state index in [1.807, 2.05) is 6.07 Å². The third kappa shape index (κ3) is 2.35. The van der Waals surface area contributed by atoms with Crippen molar-refractivity contribution in [1.29, 1.82) is 5.26 Å². The number of aryl methyl sites for hydroxylation is 1. The van der Waals surface area contributed by atoms with Gasteiger partial charge in [-0.05, 0) is 25.1 Å². The molecule has 18 heavy (non-hydrogen) atoms. The van der Waals surface area contributed by atoms with E-state index in [1.165, 1.54) is 12.1 Å². The summed E-state index contributed by atoms with van der Waals surface area (Å²) in [5.74, 6) is 0.158. The average molecular weight is 243 g/mol. The lowest BCUT2D eigenvalue weighted by Gasteiger charge is -2.09. The fraction of sp³-hybridized carbons (Fsp3) is 0.0833. The van der Waals surface area contributed by atoms with Crippen molar-refractivity contribution in [3.05, 3.63) is 41.3 Å². The molecule has 1 aromatic carbocycles. The van der Waals surface area contributed by atoms with Gasteiger partial charge in [-0.15, -0.1) is 0 Å². The van der Waals surface area contributed by atoms with E-state index in [-0.39, 0.29) is 11.5 Å². The van der Waals surface area contributed by atoms with E-state index >= 15 is 0 Å². The highest BCUT2D eigenvalue weighted by Gasteiger charge is 2.07. The van der Waals surface area contributed by atoms with Crippen LogP contribution in [-0.2, 0) is 0 Å². The lowest BCUT2D eigenvalue weighted by molar-refractivity contribution is 0.627. The van der Waals surface area contributed by atoms with E-state index in [4.69, 9.17) is 11.0 Å². The molecule has 0 atom stereocenters. The maximum Gasteiger partial charge on any atom is 0.221 e. The first-order valence-electron chi connectivity index (χ1n) is 5.16. The summed E-state index contributed by atoms with van der Waals surface area (Å²) in [5.41, 5.74) is 6.94. The molecule has 1 heterocycles. The fourth-order valence-corrected chi connectivity index (χ4v) is 1.43. The van der Waals surface area contributed by atoms with E-state index in [0.717, 1.165) is 11.6 Å². The number of halogens is 1. The molecule has 3 N–H and O–H groups in total. The van der Waals surface area contributed by atoms with Crippen molar-refractivity contribution in [3.63, 3.8) is 0 Å². The molecule has 0 saturated heterocycles. The number of hydrogen-bond acceptors (Lipinski definition) is 5. The highest BCUT2D eigenvalue weighted by molar-refractivity contribution is 5.66. The molecule has 0 aliphatic rings. The van der Waals surface area contributed by atoms with E-state index in [0.29, 0.717) is 11.5 Å². The number of hydrogen-bond donors (Lipinski definition) is 2. The van der Waals surface area contributed by atoms with Gasteiger partial charge in [-0.1, -0.05) is 0 Å². The van der Waals surface area contributed by atoms with Crippen LogP contribution in [0, 0.1) is 24.1 Å². The number of nitriles is 1. The molecule has 0 fully saturated rings. The first-order chi connectivity index (χ1) is 8.60. The van der Waals surface area contributed by atoms with E-state index in [2.05, 4.69) is 15.3 Å². The molecule has 2 rings (SSSR count). The minimum Gasteiger partial charge on any atom is -0.368 e. The van der Waals surface area contributed by atoms with Gasteiger partial charge in [0.1, 0.15) is 17.7 Å². The molecule has 0 spiro atoms. The predicted octanol–water partition coefficient (Wildman–Crippen LogP) is 2.12. The lowest BCUT2D eigenvalue weighted by atomic mass is 10.2. The van der Waals surface area contributed by atoms with Crippen LogP contribution >= 0.6 is 0 Å². The molecule has 0 amide bonds. The Labute approximate surface area is 103 Å². The number of nitrogens with zero attached hydrogens (tertiary/aromatic N) is 3. The topological polar surface area (TPSA) is 87.6 Å². The molecule has 90 valence electrons. The molecule has 6 heteroatoms. The normalized spacial score (nSPS) is 9.83. The molecule has 0 radical (unpaired) electrons. The zero-order valence-electron chi connectivity index (χ0n) is 9.61. The number of nitrogens with one attached hydrogen (secondary N) is 1. The predicted molar refractivity (Wildman–Crippen MR) is 65.6 cm³/mol. The summed E-state index contributed by atoms with van der Waals surface area (Å²) < 4.78 is 13.0. The second-order valence-electron chi connectivity index (χ2n) is 3.69. The fourth-order valence-electron chi connectivity index (χ4n) is 1.43. The van der Waals surface area contributed by atoms with Crippen LogP contribution in [0.5, 0.6) is 0 Å². The highest BCUT2D eigenvalue weighted by atomic mass is 19.1. The molecule has 0 unspecified atom stereocenters. The Kier molecular flexibility index (Phi) is 3.06. The summed E-state index contributed by atoms with van der Waals surface area (Å²) in [5, 5.41) is 11.9. The van der Waals surface area contributed by atoms with Gasteiger partial charge in [0, 0.05) is 11.8 Å². The Morgan fingerprint density at radius 3 is 2.94 bits per heavy atom. The van der Waals surface area contributed by atoms with E-state index in [1.54, 1.807) is 13.1 Å². The molecule has 5 nitrogen and oxygen atoms in total. The minimum atomic E-state index is -0.462. The van der Waals surface area contributed by atoms with Crippen molar-refractivity contribution in [2.45, 2.75) is 6.92 Å². The van der Waals surface area contributed by atoms with Gasteiger partial charge in [-0.25, -0.2) is 9.37 Å². The summed E-state index contributed by atoms with van der Waals surface area (Å²) >= 11 is 0. The molecular weight excluding hydrogens is 233 g/mol. The molecular formula is C12H10FN5. The van der Waals surface area contributed by atoms with Gasteiger partial charge in [0.05, 0.1) is 11.3 Å². The third-order valence-electron chi connectivity index (χ3n) is 2.35. The van der Waals surface area contributed by atoms with Crippen LogP contribution in [0.3, 0.4) is 0 Å². The Morgan fingerprint density at radius 2 is 2.22 bits per heavy atom. The van der Waals surface area contributed by atoms with Gasteiger partial charge in [0.15, 0.2) is 0 Å². The van der Waals surface area contributed by atoms with Crippen LogP contribution < -0.4 is 11.1 Å². The van der Waals surface area contributed by atoms with Crippen molar-refractivity contribution in [3.8, 4) is 6.07 Å². The summed E-state index contributed by atoms with van der Waals surface area (Å²) in [7, 11) is 0. The van der Waals surface area contributed by atoms with Crippen molar-refractivity contribution < 1.29 is 4.39 Å². The van der Waals surface area contributed by atoms with E-state index < -0.39 is 5.82 Å². The van der Waals surface area contributed by atoms with Crippen molar-refractivity contribution in [2.24, 2.45) is 0 Å². The Bertz CT molecular complexity index is 633. The number of benzene rings is 1. The Morgan fingerprint density at radius 1 is 1.44 bits per heavy atom. The van der Waals surface area contributed by atoms with Crippen LogP contribution in [0.4, 0.5) is 21.8 Å². The van der Waals surface area contributed by atoms with Gasteiger partial charge in [0.25, 0.3) is 0 Å². The summed E-state index contributed by atoms with van der Waals surface area (Å²) in [4.78, 5) is 7.86. The largest absolute Gasteiger partial charge is 0.368 e. The summed E-state index contributed by atoms with van der Waals surface area (Å²) in [6, 6.07) is 5.81. The highest BCUT2D eigenvalue weighted by Crippen LogP contribution is 2.22. The van der Waals surface area contributed by atoms with Crippen LogP contribution in [0.2, 0.25) is 0 Å². The molecule has 0 bridgehead atoms. The maximum atomic E-state index is 13.0. The van der Waals surface area contributed by atoms with Crippen molar-refractivity contribution in [1.82, 2.24) is 9.97 Å². The van der Waals surface area contributed by atoms with Gasteiger partial charge < -0.3 is 11.1 Å². The summed E-state index contributed by atoms with van der Waals surface area (Å²) in [6.07, 6.45) is 1.57. The smallest absolute Gasteiger partial charge is 0.221 e. The lowest BCUT2D eigenvalue weighted by Crippen LogP contribution is -2.03. The Hall–Kier alpha value is -2.68. The molecule has 0 aliphatic heterocycles. The zero-order valence-corrected chi connectivity index (χ0v) is 9.61. The maximum absolute atomic E-state index is 13.0. The molecule has 0 saturated carbocycles. The first-order valence-corrected chi connectivity index (χ1v) is 5.16. The second-order valence-corrected chi connectivity index (χ2v) is 3.69. The second kappa shape index (κ2) is 4.67. The van der Waals surface area contributed by atoms with Gasteiger partial charge in [-0.2, -0.15) is 10.2 Å². The number of rotatable bonds is 2. The van der Waals surface area contributed by atoms with Gasteiger partial charge in [0.2, 0.25) is 5.95 Å². The number of aromatic nitrogens is 2. The van der Waals surface area contributed by atoms with Gasteiger partial charge in [-0.3, -0.25) is 0 Å². The van der Waals surface area contributed by atoms with Crippen molar-refractivity contribution >= 4 is 17.5 Å². The first kappa shape index (κ1) is 11.8. The number of nitrogens with two attached hydrogens (primary N) is 1. The number of anilines is 3. The van der Waals surface area contributed by atoms with Crippen LogP contribution in [0.15, 0.2) is 24.4 Å². The van der Waals surface area contributed by atoms with Crippen LogP contribution in [0.1, 0.15) is 11.1 Å². The van der Waals surface area contributed by atoms with Crippen LogP contribution in [-0.4, -0.2) is 9.97 Å². The standard InChI is InChI=1S/C12H10FN5/c1-7-6-16-12(15)18-11(7)17-10-3-2-9(13)4-8(10)5-14/h2-4,6H,1H3,(H3,15,16,17,18). The molecule has 2 aromatic rings. The minimum absolute atomic E-state index is 0.128.